The van der Waals surface area contributed by atoms with Crippen molar-refractivity contribution >= 4 is 17.9 Å². The molecule has 0 saturated carbocycles. The number of allylic oxidation sites excluding steroid dienone is 6. The van der Waals surface area contributed by atoms with Gasteiger partial charge >= 0.3 is 17.9 Å². The second kappa shape index (κ2) is 54.2. The number of hydrogen-bond acceptors (Lipinski definition) is 6. The molecule has 65 heavy (non-hydrogen) atoms. The van der Waals surface area contributed by atoms with E-state index < -0.39 is 6.10 Å². The summed E-state index contributed by atoms with van der Waals surface area (Å²) in [6, 6.07) is 0. The van der Waals surface area contributed by atoms with E-state index in [9.17, 15) is 14.4 Å². The summed E-state index contributed by atoms with van der Waals surface area (Å²) in [5.41, 5.74) is 0. The summed E-state index contributed by atoms with van der Waals surface area (Å²) in [7, 11) is 0. The minimum Gasteiger partial charge on any atom is -0.462 e. The molecule has 380 valence electrons. The number of carbonyl (C=O) groups is 3. The average Bonchev–Trinajstić information content (AvgIpc) is 3.30. The lowest BCUT2D eigenvalue weighted by Crippen LogP contribution is -2.30. The molecule has 0 aromatic carbocycles. The number of ether oxygens (including phenoxy) is 3. The Bertz CT molecular complexity index is 1090. The van der Waals surface area contributed by atoms with E-state index >= 15 is 0 Å². The molecular weight excluding hydrogens is 805 g/mol. The molecule has 0 aliphatic heterocycles. The first-order valence-corrected chi connectivity index (χ1v) is 28.5. The van der Waals surface area contributed by atoms with Crippen LogP contribution < -0.4 is 0 Å². The Morgan fingerprint density at radius 1 is 0.308 bits per heavy atom. The Morgan fingerprint density at radius 3 is 0.923 bits per heavy atom. The van der Waals surface area contributed by atoms with E-state index in [1.807, 2.05) is 0 Å². The van der Waals surface area contributed by atoms with Gasteiger partial charge in [0.05, 0.1) is 0 Å². The van der Waals surface area contributed by atoms with Gasteiger partial charge in [-0.2, -0.15) is 0 Å². The average molecular weight is 914 g/mol. The van der Waals surface area contributed by atoms with Crippen LogP contribution in [0.3, 0.4) is 0 Å². The summed E-state index contributed by atoms with van der Waals surface area (Å²) in [5, 5.41) is 0. The van der Waals surface area contributed by atoms with Gasteiger partial charge in [0.1, 0.15) is 13.2 Å². The van der Waals surface area contributed by atoms with Crippen molar-refractivity contribution in [3.8, 4) is 0 Å². The van der Waals surface area contributed by atoms with Crippen LogP contribution in [0.15, 0.2) is 36.5 Å². The van der Waals surface area contributed by atoms with Crippen LogP contribution in [0.1, 0.15) is 303 Å². The highest BCUT2D eigenvalue weighted by Gasteiger charge is 2.19. The van der Waals surface area contributed by atoms with Gasteiger partial charge in [0.25, 0.3) is 0 Å². The number of hydrogen-bond donors (Lipinski definition) is 0. The van der Waals surface area contributed by atoms with Gasteiger partial charge in [-0.05, 0) is 70.6 Å². The van der Waals surface area contributed by atoms with Crippen molar-refractivity contribution in [1.29, 1.82) is 0 Å². The summed E-state index contributed by atoms with van der Waals surface area (Å²) < 4.78 is 16.9. The fraction of sp³-hybridized carbons (Fsp3) is 0.847. The Labute approximate surface area is 404 Å². The zero-order valence-electron chi connectivity index (χ0n) is 43.5. The van der Waals surface area contributed by atoms with E-state index in [0.29, 0.717) is 19.3 Å². The van der Waals surface area contributed by atoms with Gasteiger partial charge < -0.3 is 14.2 Å². The van der Waals surface area contributed by atoms with Crippen LogP contribution in [-0.2, 0) is 28.6 Å². The molecule has 1 atom stereocenters. The van der Waals surface area contributed by atoms with Gasteiger partial charge in [0.15, 0.2) is 6.10 Å². The lowest BCUT2D eigenvalue weighted by molar-refractivity contribution is -0.167. The number of unbranched alkanes of at least 4 members (excludes halogenated alkanes) is 35. The summed E-state index contributed by atoms with van der Waals surface area (Å²) in [6.07, 6.45) is 64.2. The molecule has 0 saturated heterocycles. The maximum atomic E-state index is 12.8. The molecule has 0 rings (SSSR count). The van der Waals surface area contributed by atoms with Crippen LogP contribution in [0.25, 0.3) is 0 Å². The third-order valence-electron chi connectivity index (χ3n) is 12.6. The van der Waals surface area contributed by atoms with Crippen LogP contribution in [-0.4, -0.2) is 37.2 Å². The fourth-order valence-corrected chi connectivity index (χ4v) is 8.30. The van der Waals surface area contributed by atoms with Crippen LogP contribution in [0.4, 0.5) is 0 Å². The van der Waals surface area contributed by atoms with E-state index in [0.717, 1.165) is 83.5 Å². The highest BCUT2D eigenvalue weighted by atomic mass is 16.6. The first-order valence-electron chi connectivity index (χ1n) is 28.5. The molecule has 0 aliphatic carbocycles. The van der Waals surface area contributed by atoms with E-state index in [4.69, 9.17) is 14.2 Å². The number of esters is 3. The van der Waals surface area contributed by atoms with E-state index in [1.54, 1.807) is 0 Å². The van der Waals surface area contributed by atoms with E-state index in [1.165, 1.54) is 180 Å². The topological polar surface area (TPSA) is 78.9 Å². The fourth-order valence-electron chi connectivity index (χ4n) is 8.30. The summed E-state index contributed by atoms with van der Waals surface area (Å²) in [4.78, 5) is 38.1. The standard InChI is InChI=1S/C59H108O6/c1-4-7-10-13-16-19-22-25-27-29-31-34-37-40-43-46-49-52-58(61)64-55-56(54-63-57(60)51-48-45-42-39-36-33-24-21-18-15-12-9-6-3)65-59(62)53-50-47-44-41-38-35-32-30-28-26-23-20-17-14-11-8-5-2/h12,15,21,24-25,27,56H,4-11,13-14,16-20,22-23,26,28-55H2,1-3H3/b15-12-,24-21-,27-25-. The van der Waals surface area contributed by atoms with Crippen LogP contribution in [0, 0.1) is 0 Å². The minimum absolute atomic E-state index is 0.0756. The number of rotatable bonds is 52. The van der Waals surface area contributed by atoms with Crippen molar-refractivity contribution in [3.05, 3.63) is 36.5 Å². The Hall–Kier alpha value is -2.37. The molecular formula is C59H108O6. The molecule has 0 radical (unpaired) electrons. The third-order valence-corrected chi connectivity index (χ3v) is 12.6. The van der Waals surface area contributed by atoms with Crippen molar-refractivity contribution in [1.82, 2.24) is 0 Å². The number of carbonyl (C=O) groups excluding carboxylic acids is 3. The van der Waals surface area contributed by atoms with Gasteiger partial charge in [-0.1, -0.05) is 250 Å². The monoisotopic (exact) mass is 913 g/mol. The van der Waals surface area contributed by atoms with Crippen molar-refractivity contribution in [3.63, 3.8) is 0 Å². The second-order valence-electron chi connectivity index (χ2n) is 19.2. The Kier molecular flexibility index (Phi) is 52.3. The van der Waals surface area contributed by atoms with Gasteiger partial charge in [0, 0.05) is 19.3 Å². The normalized spacial score (nSPS) is 12.2. The maximum Gasteiger partial charge on any atom is 0.306 e. The Balaban J connectivity index is 4.34. The molecule has 6 nitrogen and oxygen atoms in total. The first-order chi connectivity index (χ1) is 32.0. The molecule has 0 aromatic rings. The lowest BCUT2D eigenvalue weighted by atomic mass is 10.0. The SMILES string of the molecule is CCC/C=C\C/C=C\CCCCCCCC(=O)OCC(COC(=O)CCCCCCCCC/C=C\CCCCCCCC)OC(=O)CCCCCCCCCCCCCCCCCCC. The highest BCUT2D eigenvalue weighted by Crippen LogP contribution is 2.16. The first kappa shape index (κ1) is 62.6. The van der Waals surface area contributed by atoms with Crippen LogP contribution in [0.5, 0.6) is 0 Å². The predicted molar refractivity (Wildman–Crippen MR) is 279 cm³/mol. The highest BCUT2D eigenvalue weighted by molar-refractivity contribution is 5.71. The molecule has 6 heteroatoms. The van der Waals surface area contributed by atoms with Gasteiger partial charge in [0.2, 0.25) is 0 Å². The van der Waals surface area contributed by atoms with Crippen molar-refractivity contribution in [2.75, 3.05) is 13.2 Å². The molecule has 1 unspecified atom stereocenters. The molecule has 0 N–H and O–H groups in total. The quantitative estimate of drug-likeness (QED) is 0.0262. The predicted octanol–water partition coefficient (Wildman–Crippen LogP) is 18.9. The summed E-state index contributed by atoms with van der Waals surface area (Å²) in [6.45, 7) is 6.59. The smallest absolute Gasteiger partial charge is 0.306 e. The van der Waals surface area contributed by atoms with Gasteiger partial charge in [-0.25, -0.2) is 0 Å². The lowest BCUT2D eigenvalue weighted by Gasteiger charge is -2.18. The largest absolute Gasteiger partial charge is 0.462 e. The summed E-state index contributed by atoms with van der Waals surface area (Å²) in [5.74, 6) is -0.878. The minimum atomic E-state index is -0.776. The van der Waals surface area contributed by atoms with E-state index in [-0.39, 0.29) is 31.1 Å². The van der Waals surface area contributed by atoms with Crippen molar-refractivity contribution in [2.45, 2.75) is 309 Å². The van der Waals surface area contributed by atoms with Gasteiger partial charge in [-0.3, -0.25) is 14.4 Å². The molecule has 0 bridgehead atoms. The van der Waals surface area contributed by atoms with Crippen LogP contribution in [0.2, 0.25) is 0 Å². The molecule has 0 heterocycles. The summed E-state index contributed by atoms with van der Waals surface area (Å²) >= 11 is 0. The van der Waals surface area contributed by atoms with Gasteiger partial charge in [-0.15, -0.1) is 0 Å². The maximum absolute atomic E-state index is 12.8. The zero-order chi connectivity index (χ0) is 47.2. The second-order valence-corrected chi connectivity index (χ2v) is 19.2. The van der Waals surface area contributed by atoms with Crippen molar-refractivity contribution < 1.29 is 28.6 Å². The molecule has 0 aromatic heterocycles. The van der Waals surface area contributed by atoms with E-state index in [2.05, 4.69) is 57.2 Å². The zero-order valence-corrected chi connectivity index (χ0v) is 43.5. The molecule has 0 spiro atoms. The molecule has 0 amide bonds. The van der Waals surface area contributed by atoms with Crippen molar-refractivity contribution in [2.24, 2.45) is 0 Å². The molecule has 0 aliphatic rings. The van der Waals surface area contributed by atoms with Crippen LogP contribution >= 0.6 is 0 Å². The third kappa shape index (κ3) is 52.5. The molecule has 0 fully saturated rings. The Morgan fingerprint density at radius 2 is 0.585 bits per heavy atom.